The number of nitrogens with zero attached hydrogens (tertiary/aromatic N) is 5. The summed E-state index contributed by atoms with van der Waals surface area (Å²) < 4.78 is 1.94. The molecule has 4 heterocycles. The van der Waals surface area contributed by atoms with Crippen molar-refractivity contribution in [3.63, 3.8) is 0 Å². The summed E-state index contributed by atoms with van der Waals surface area (Å²) in [5.41, 5.74) is 3.71. The highest BCUT2D eigenvalue weighted by Crippen LogP contribution is 2.34. The van der Waals surface area contributed by atoms with Gasteiger partial charge in [-0.1, -0.05) is 11.8 Å². The quantitative estimate of drug-likeness (QED) is 0.348. The van der Waals surface area contributed by atoms with Crippen LogP contribution in [-0.4, -0.2) is 30.6 Å². The lowest BCUT2D eigenvalue weighted by molar-refractivity contribution is 0.926. The molecular weight excluding hydrogens is 314 g/mol. The van der Waals surface area contributed by atoms with Crippen molar-refractivity contribution >= 4 is 40.9 Å². The molecule has 0 fully saturated rings. The minimum absolute atomic E-state index is 0.603. The molecule has 0 saturated carbocycles. The molecule has 5 nitrogen and oxygen atoms in total. The third kappa shape index (κ3) is 1.97. The Balaban J connectivity index is 2.17. The van der Waals surface area contributed by atoms with Gasteiger partial charge in [0.2, 0.25) is 0 Å². The monoisotopic (exact) mass is 325 g/mol. The van der Waals surface area contributed by atoms with Gasteiger partial charge in [-0.15, -0.1) is 12.6 Å². The van der Waals surface area contributed by atoms with Crippen molar-refractivity contribution in [3.05, 3.63) is 42.9 Å². The average molecular weight is 325 g/mol. The van der Waals surface area contributed by atoms with Gasteiger partial charge in [0, 0.05) is 29.5 Å². The zero-order chi connectivity index (χ0) is 15.1. The Morgan fingerprint density at radius 1 is 1.05 bits per heavy atom. The van der Waals surface area contributed by atoms with E-state index in [0.29, 0.717) is 5.16 Å². The SMILES string of the molecule is CSc1nccc(-c2c3cccnc3n3c(S)nccc23)n1. The second kappa shape index (κ2) is 5.26. The molecule has 0 saturated heterocycles. The highest BCUT2D eigenvalue weighted by atomic mass is 32.2. The average Bonchev–Trinajstić information content (AvgIpc) is 2.90. The first kappa shape index (κ1) is 13.5. The molecular formula is C15H11N5S2. The molecule has 0 aliphatic rings. The third-order valence-corrected chi connectivity index (χ3v) is 4.34. The lowest BCUT2D eigenvalue weighted by Crippen LogP contribution is -1.92. The second-order valence-corrected chi connectivity index (χ2v) is 5.82. The molecule has 0 aromatic carbocycles. The normalized spacial score (nSPS) is 11.4. The fraction of sp³-hybridized carbons (Fsp3) is 0.0667. The van der Waals surface area contributed by atoms with Gasteiger partial charge >= 0.3 is 0 Å². The summed E-state index contributed by atoms with van der Waals surface area (Å²) in [5, 5.41) is 2.37. The van der Waals surface area contributed by atoms with Crippen LogP contribution in [0.15, 0.2) is 53.2 Å². The van der Waals surface area contributed by atoms with Gasteiger partial charge < -0.3 is 0 Å². The van der Waals surface area contributed by atoms with Crippen molar-refractivity contribution in [2.45, 2.75) is 10.3 Å². The number of thioether (sulfide) groups is 1. The molecule has 22 heavy (non-hydrogen) atoms. The zero-order valence-electron chi connectivity index (χ0n) is 11.6. The Morgan fingerprint density at radius 2 is 1.91 bits per heavy atom. The fourth-order valence-corrected chi connectivity index (χ4v) is 3.20. The van der Waals surface area contributed by atoms with Gasteiger partial charge in [-0.05, 0) is 30.5 Å². The Labute approximate surface area is 136 Å². The minimum atomic E-state index is 0.603. The van der Waals surface area contributed by atoms with Gasteiger partial charge in [0.25, 0.3) is 0 Å². The Bertz CT molecular complexity index is 996. The van der Waals surface area contributed by atoms with E-state index in [2.05, 4.69) is 32.6 Å². The molecule has 7 heteroatoms. The van der Waals surface area contributed by atoms with Crippen LogP contribution < -0.4 is 0 Å². The largest absolute Gasteiger partial charge is 0.272 e. The van der Waals surface area contributed by atoms with Crippen LogP contribution in [-0.2, 0) is 0 Å². The van der Waals surface area contributed by atoms with E-state index in [1.807, 2.05) is 34.9 Å². The summed E-state index contributed by atoms with van der Waals surface area (Å²) in [6.45, 7) is 0. The van der Waals surface area contributed by atoms with Crippen LogP contribution in [0.3, 0.4) is 0 Å². The van der Waals surface area contributed by atoms with E-state index >= 15 is 0 Å². The zero-order valence-corrected chi connectivity index (χ0v) is 13.3. The van der Waals surface area contributed by atoms with E-state index in [4.69, 9.17) is 0 Å². The van der Waals surface area contributed by atoms with E-state index in [0.717, 1.165) is 33.0 Å². The van der Waals surface area contributed by atoms with Crippen molar-refractivity contribution in [1.29, 1.82) is 0 Å². The summed E-state index contributed by atoms with van der Waals surface area (Å²) in [6.07, 6.45) is 7.26. The first-order valence-electron chi connectivity index (χ1n) is 6.60. The Kier molecular flexibility index (Phi) is 3.24. The van der Waals surface area contributed by atoms with E-state index in [1.165, 1.54) is 11.8 Å². The van der Waals surface area contributed by atoms with Gasteiger partial charge in [0.05, 0.1) is 11.2 Å². The summed E-state index contributed by atoms with van der Waals surface area (Å²) in [7, 11) is 0. The van der Waals surface area contributed by atoms with Crippen LogP contribution in [0, 0.1) is 0 Å². The predicted octanol–water partition coefficient (Wildman–Crippen LogP) is 3.35. The van der Waals surface area contributed by atoms with E-state index < -0.39 is 0 Å². The molecule has 0 bridgehead atoms. The molecule has 4 aromatic rings. The molecule has 4 aromatic heterocycles. The lowest BCUT2D eigenvalue weighted by atomic mass is 10.1. The van der Waals surface area contributed by atoms with E-state index in [9.17, 15) is 0 Å². The standard InChI is InChI=1S/C15H11N5S2/c1-22-14-17-7-4-10(19-14)12-9-3-2-6-16-13(9)20-11(12)5-8-18-15(20)21/h2-8H,1H3,(H,18,21). The number of rotatable bonds is 2. The smallest absolute Gasteiger partial charge is 0.187 e. The van der Waals surface area contributed by atoms with Gasteiger partial charge in [0.15, 0.2) is 10.3 Å². The number of fused-ring (bicyclic) bond motifs is 3. The maximum Gasteiger partial charge on any atom is 0.187 e. The van der Waals surface area contributed by atoms with Crippen molar-refractivity contribution in [2.24, 2.45) is 0 Å². The van der Waals surface area contributed by atoms with Crippen molar-refractivity contribution in [3.8, 4) is 11.3 Å². The molecule has 0 atom stereocenters. The summed E-state index contributed by atoms with van der Waals surface area (Å²) in [6, 6.07) is 7.84. The first-order chi connectivity index (χ1) is 10.8. The first-order valence-corrected chi connectivity index (χ1v) is 8.27. The third-order valence-electron chi connectivity index (χ3n) is 3.46. The molecule has 0 aliphatic carbocycles. The molecule has 0 radical (unpaired) electrons. The van der Waals surface area contributed by atoms with Gasteiger partial charge in [-0.3, -0.25) is 4.40 Å². The number of pyridine rings is 1. The van der Waals surface area contributed by atoms with E-state index in [1.54, 1.807) is 18.6 Å². The minimum Gasteiger partial charge on any atom is -0.272 e. The van der Waals surface area contributed by atoms with Gasteiger partial charge in [-0.25, -0.2) is 19.9 Å². The van der Waals surface area contributed by atoms with Crippen molar-refractivity contribution < 1.29 is 0 Å². The molecule has 0 N–H and O–H groups in total. The lowest BCUT2D eigenvalue weighted by Gasteiger charge is -2.02. The van der Waals surface area contributed by atoms with E-state index in [-0.39, 0.29) is 0 Å². The molecule has 0 unspecified atom stereocenters. The molecule has 108 valence electrons. The maximum absolute atomic E-state index is 4.63. The Morgan fingerprint density at radius 3 is 2.77 bits per heavy atom. The van der Waals surface area contributed by atoms with Crippen LogP contribution in [0.1, 0.15) is 0 Å². The number of hydrogen-bond donors (Lipinski definition) is 1. The van der Waals surface area contributed by atoms with Crippen molar-refractivity contribution in [2.75, 3.05) is 6.26 Å². The fourth-order valence-electron chi connectivity index (χ4n) is 2.57. The molecule has 0 spiro atoms. The van der Waals surface area contributed by atoms with Crippen LogP contribution in [0.2, 0.25) is 0 Å². The number of hydrogen-bond acceptors (Lipinski definition) is 6. The van der Waals surface area contributed by atoms with Crippen molar-refractivity contribution in [1.82, 2.24) is 24.3 Å². The summed E-state index contributed by atoms with van der Waals surface area (Å²) in [4.78, 5) is 17.6. The maximum atomic E-state index is 4.63. The summed E-state index contributed by atoms with van der Waals surface area (Å²) in [5.74, 6) is 0. The van der Waals surface area contributed by atoms with Gasteiger partial charge in [-0.2, -0.15) is 0 Å². The van der Waals surface area contributed by atoms with Crippen LogP contribution in [0.25, 0.3) is 27.8 Å². The molecule has 0 aliphatic heterocycles. The highest BCUT2D eigenvalue weighted by molar-refractivity contribution is 7.98. The molecule has 0 amide bonds. The summed E-state index contributed by atoms with van der Waals surface area (Å²) >= 11 is 5.99. The number of aromatic nitrogens is 5. The number of thiol groups is 1. The highest BCUT2D eigenvalue weighted by Gasteiger charge is 2.17. The molecule has 4 rings (SSSR count). The van der Waals surface area contributed by atoms with Crippen LogP contribution in [0.5, 0.6) is 0 Å². The Hall–Kier alpha value is -2.12. The predicted molar refractivity (Wildman–Crippen MR) is 90.6 cm³/mol. The van der Waals surface area contributed by atoms with Crippen LogP contribution in [0.4, 0.5) is 0 Å². The topological polar surface area (TPSA) is 56.0 Å². The van der Waals surface area contributed by atoms with Gasteiger partial charge in [0.1, 0.15) is 5.65 Å². The second-order valence-electron chi connectivity index (χ2n) is 4.64. The van der Waals surface area contributed by atoms with Crippen LogP contribution >= 0.6 is 24.4 Å².